The van der Waals surface area contributed by atoms with Crippen LogP contribution in [0.5, 0.6) is 0 Å². The minimum absolute atomic E-state index is 0.113. The number of aromatic amines is 1. The third-order valence-electron chi connectivity index (χ3n) is 3.23. The Bertz CT molecular complexity index is 953. The van der Waals surface area contributed by atoms with Crippen molar-refractivity contribution < 1.29 is 33.0 Å². The van der Waals surface area contributed by atoms with E-state index >= 15 is 0 Å². The van der Waals surface area contributed by atoms with Crippen molar-refractivity contribution in [2.24, 2.45) is 0 Å². The topological polar surface area (TPSA) is 133 Å². The molecule has 0 aliphatic carbocycles. The number of hydrogen-bond donors (Lipinski definition) is 4. The van der Waals surface area contributed by atoms with Crippen LogP contribution in [0.25, 0.3) is 11.1 Å². The lowest BCUT2D eigenvalue weighted by Gasteiger charge is -2.17. The molecule has 1 aromatic heterocycles. The monoisotopic (exact) mass is 420 g/mol. The molecule has 0 fully saturated rings. The molecule has 5 N–H and O–H groups in total. The summed E-state index contributed by atoms with van der Waals surface area (Å²) in [6.07, 6.45) is -4.93. The predicted molar refractivity (Wildman–Crippen MR) is 83.5 cm³/mol. The molecule has 1 heterocycles. The SMILES string of the molecule is Nc1[nH]c(=O)c(C(=O)O)c(-c2cc(Br)ccc2C(F)(F)F)c1C(=O)O. The van der Waals surface area contributed by atoms with Crippen molar-refractivity contribution in [3.8, 4) is 11.1 Å². The lowest BCUT2D eigenvalue weighted by molar-refractivity contribution is -0.137. The van der Waals surface area contributed by atoms with Gasteiger partial charge in [-0.3, -0.25) is 4.79 Å². The number of carboxylic acid groups (broad SMARTS) is 2. The van der Waals surface area contributed by atoms with Gasteiger partial charge in [-0.25, -0.2) is 9.59 Å². The summed E-state index contributed by atoms with van der Waals surface area (Å²) in [5.74, 6) is -4.45. The number of hydrogen-bond acceptors (Lipinski definition) is 4. The fourth-order valence-electron chi connectivity index (χ4n) is 2.29. The molecule has 7 nitrogen and oxygen atoms in total. The number of carboxylic acids is 2. The highest BCUT2D eigenvalue weighted by molar-refractivity contribution is 9.10. The number of halogens is 4. The first-order valence-electron chi connectivity index (χ1n) is 6.34. The molecule has 0 atom stereocenters. The number of aromatic nitrogens is 1. The molecule has 0 radical (unpaired) electrons. The maximum absolute atomic E-state index is 13.3. The van der Waals surface area contributed by atoms with E-state index in [9.17, 15) is 37.8 Å². The van der Waals surface area contributed by atoms with Crippen LogP contribution in [-0.4, -0.2) is 27.1 Å². The summed E-state index contributed by atoms with van der Waals surface area (Å²) in [5, 5.41) is 18.5. The van der Waals surface area contributed by atoms with E-state index in [2.05, 4.69) is 15.9 Å². The quantitative estimate of drug-likeness (QED) is 0.603. The molecule has 0 aliphatic rings. The van der Waals surface area contributed by atoms with E-state index in [4.69, 9.17) is 5.73 Å². The maximum atomic E-state index is 13.3. The smallest absolute Gasteiger partial charge is 0.417 e. The normalized spacial score (nSPS) is 11.4. The standard InChI is InChI=1S/C14H8BrF3N2O5/c15-4-1-2-6(14(16,17)18)5(3-4)7-8(12(22)23)10(19)20-11(21)9(7)13(24)25/h1-3H,(H,22,23)(H,24,25)(H3,19,20,21). The number of benzene rings is 1. The van der Waals surface area contributed by atoms with Gasteiger partial charge in [0.25, 0.3) is 5.56 Å². The highest BCUT2D eigenvalue weighted by Crippen LogP contribution is 2.41. The molecule has 0 spiro atoms. The van der Waals surface area contributed by atoms with Crippen molar-refractivity contribution >= 4 is 33.7 Å². The first-order valence-corrected chi connectivity index (χ1v) is 7.14. The molecule has 0 amide bonds. The number of nitrogens with two attached hydrogens (primary N) is 1. The first kappa shape index (κ1) is 18.5. The zero-order valence-electron chi connectivity index (χ0n) is 11.9. The Balaban J connectivity index is 3.12. The number of H-pyrrole nitrogens is 1. The van der Waals surface area contributed by atoms with Gasteiger partial charge < -0.3 is 20.9 Å². The van der Waals surface area contributed by atoms with Crippen LogP contribution < -0.4 is 11.3 Å². The van der Waals surface area contributed by atoms with Gasteiger partial charge in [0.2, 0.25) is 0 Å². The molecule has 1 aromatic carbocycles. The van der Waals surface area contributed by atoms with Gasteiger partial charge in [-0.05, 0) is 23.8 Å². The van der Waals surface area contributed by atoms with Gasteiger partial charge in [-0.15, -0.1) is 0 Å². The van der Waals surface area contributed by atoms with Gasteiger partial charge in [-0.1, -0.05) is 15.9 Å². The Labute approximate surface area is 145 Å². The molecule has 0 saturated carbocycles. The zero-order chi connectivity index (χ0) is 19.1. The summed E-state index contributed by atoms with van der Waals surface area (Å²) in [6.45, 7) is 0. The number of rotatable bonds is 3. The van der Waals surface area contributed by atoms with Crippen LogP contribution >= 0.6 is 15.9 Å². The average Bonchev–Trinajstić information content (AvgIpc) is 2.43. The molecule has 0 saturated heterocycles. The van der Waals surface area contributed by atoms with Gasteiger partial charge in [0.05, 0.1) is 5.56 Å². The summed E-state index contributed by atoms with van der Waals surface area (Å²) < 4.78 is 40.0. The second-order valence-corrected chi connectivity index (χ2v) is 5.71. The lowest BCUT2D eigenvalue weighted by atomic mass is 9.91. The maximum Gasteiger partial charge on any atom is 0.417 e. The zero-order valence-corrected chi connectivity index (χ0v) is 13.5. The Morgan fingerprint density at radius 2 is 1.68 bits per heavy atom. The van der Waals surface area contributed by atoms with Crippen molar-refractivity contribution in [2.75, 3.05) is 5.73 Å². The molecule has 132 valence electrons. The molecule has 0 bridgehead atoms. The van der Waals surface area contributed by atoms with Gasteiger partial charge >= 0.3 is 18.1 Å². The molecule has 2 aromatic rings. The van der Waals surface area contributed by atoms with E-state index in [0.29, 0.717) is 6.07 Å². The molecule has 11 heteroatoms. The molecular formula is C14H8BrF3N2O5. The highest BCUT2D eigenvalue weighted by atomic mass is 79.9. The fourth-order valence-corrected chi connectivity index (χ4v) is 2.65. The van der Waals surface area contributed by atoms with Crippen LogP contribution in [0.3, 0.4) is 0 Å². The molecule has 25 heavy (non-hydrogen) atoms. The third kappa shape index (κ3) is 3.36. The minimum atomic E-state index is -4.93. The summed E-state index contributed by atoms with van der Waals surface area (Å²) in [4.78, 5) is 36.6. The summed E-state index contributed by atoms with van der Waals surface area (Å²) in [7, 11) is 0. The minimum Gasteiger partial charge on any atom is -0.478 e. The Morgan fingerprint density at radius 3 is 2.16 bits per heavy atom. The van der Waals surface area contributed by atoms with E-state index < -0.39 is 57.3 Å². The Morgan fingerprint density at radius 1 is 1.12 bits per heavy atom. The number of carbonyl (C=O) groups is 2. The number of anilines is 1. The molecule has 0 unspecified atom stereocenters. The molecule has 2 rings (SSSR count). The number of pyridine rings is 1. The first-order chi connectivity index (χ1) is 11.4. The van der Waals surface area contributed by atoms with Crippen molar-refractivity contribution in [3.63, 3.8) is 0 Å². The highest BCUT2D eigenvalue weighted by Gasteiger charge is 2.37. The van der Waals surface area contributed by atoms with Crippen molar-refractivity contribution in [1.82, 2.24) is 4.98 Å². The molecule has 0 aliphatic heterocycles. The van der Waals surface area contributed by atoms with Crippen LogP contribution in [-0.2, 0) is 6.18 Å². The van der Waals surface area contributed by atoms with E-state index in [1.807, 2.05) is 4.98 Å². The van der Waals surface area contributed by atoms with Gasteiger partial charge in [-0.2, -0.15) is 13.2 Å². The van der Waals surface area contributed by atoms with E-state index in [1.165, 1.54) is 0 Å². The number of alkyl halides is 3. The van der Waals surface area contributed by atoms with Crippen LogP contribution in [0.4, 0.5) is 19.0 Å². The Hall–Kier alpha value is -2.82. The average molecular weight is 421 g/mol. The summed E-state index contributed by atoms with van der Waals surface area (Å²) in [5.41, 5.74) is -1.05. The van der Waals surface area contributed by atoms with E-state index in [0.717, 1.165) is 12.1 Å². The van der Waals surface area contributed by atoms with Gasteiger partial charge in [0, 0.05) is 10.0 Å². The van der Waals surface area contributed by atoms with Crippen molar-refractivity contribution in [1.29, 1.82) is 0 Å². The van der Waals surface area contributed by atoms with Crippen LogP contribution in [0.1, 0.15) is 26.3 Å². The van der Waals surface area contributed by atoms with E-state index in [1.54, 1.807) is 0 Å². The van der Waals surface area contributed by atoms with Crippen LogP contribution in [0.2, 0.25) is 0 Å². The van der Waals surface area contributed by atoms with Gasteiger partial charge in [0.15, 0.2) is 0 Å². The summed E-state index contributed by atoms with van der Waals surface area (Å²) in [6, 6.07) is 2.55. The van der Waals surface area contributed by atoms with Crippen LogP contribution in [0.15, 0.2) is 27.5 Å². The van der Waals surface area contributed by atoms with E-state index in [-0.39, 0.29) is 4.47 Å². The number of aromatic carboxylic acids is 2. The lowest BCUT2D eigenvalue weighted by Crippen LogP contribution is -2.25. The number of nitrogens with one attached hydrogen (secondary N) is 1. The largest absolute Gasteiger partial charge is 0.478 e. The predicted octanol–water partition coefficient (Wildman–Crippen LogP) is 2.80. The molecular weight excluding hydrogens is 413 g/mol. The summed E-state index contributed by atoms with van der Waals surface area (Å²) >= 11 is 2.94. The van der Waals surface area contributed by atoms with Crippen molar-refractivity contribution in [2.45, 2.75) is 6.18 Å². The number of nitrogen functional groups attached to an aromatic ring is 1. The Kier molecular flexibility index (Phi) is 4.62. The second-order valence-electron chi connectivity index (χ2n) is 4.79. The van der Waals surface area contributed by atoms with Crippen LogP contribution in [0, 0.1) is 0 Å². The van der Waals surface area contributed by atoms with Crippen molar-refractivity contribution in [3.05, 3.63) is 49.7 Å². The third-order valence-corrected chi connectivity index (χ3v) is 3.72. The van der Waals surface area contributed by atoms with Gasteiger partial charge in [0.1, 0.15) is 16.9 Å². The second kappa shape index (κ2) is 6.24. The fraction of sp³-hybridized carbons (Fsp3) is 0.0714.